The molecule has 0 aromatic heterocycles. The van der Waals surface area contributed by atoms with Crippen LogP contribution >= 0.6 is 12.6 Å². The van der Waals surface area contributed by atoms with E-state index in [1.54, 1.807) is 0 Å². The summed E-state index contributed by atoms with van der Waals surface area (Å²) < 4.78 is 0. The van der Waals surface area contributed by atoms with Gasteiger partial charge in [0.15, 0.2) is 5.96 Å². The van der Waals surface area contributed by atoms with Crippen LogP contribution in [0.15, 0.2) is 0 Å². The maximum Gasteiger partial charge on any atom is 0.322 e. The van der Waals surface area contributed by atoms with Crippen molar-refractivity contribution in [3.05, 3.63) is 0 Å². The van der Waals surface area contributed by atoms with Crippen molar-refractivity contribution >= 4 is 42.5 Å². The predicted molar refractivity (Wildman–Crippen MR) is 114 cm³/mol. The lowest BCUT2D eigenvalue weighted by Crippen LogP contribution is -2.34. The van der Waals surface area contributed by atoms with Crippen molar-refractivity contribution in [3.8, 4) is 0 Å². The minimum absolute atomic E-state index is 0.112. The zero-order valence-corrected chi connectivity index (χ0v) is 17.6. The number of rotatable bonds is 10. The van der Waals surface area contributed by atoms with Gasteiger partial charge in [-0.1, -0.05) is 0 Å². The molecular formula is C14H33N7O9S. The van der Waals surface area contributed by atoms with Gasteiger partial charge in [0, 0.05) is 12.3 Å². The maximum atomic E-state index is 10.2. The summed E-state index contributed by atoms with van der Waals surface area (Å²) >= 11 is 3.65. The Kier molecular flexibility index (Phi) is 27.2. The second kappa shape index (κ2) is 23.6. The number of nitrogens with two attached hydrogens (primary N) is 5. The van der Waals surface area contributed by atoms with Gasteiger partial charge in [0.05, 0.1) is 13.2 Å². The van der Waals surface area contributed by atoms with Crippen molar-refractivity contribution in [2.45, 2.75) is 31.0 Å². The molecule has 184 valence electrons. The van der Waals surface area contributed by atoms with Crippen molar-refractivity contribution < 1.29 is 44.7 Å². The van der Waals surface area contributed by atoms with Crippen molar-refractivity contribution in [2.24, 2.45) is 28.7 Å². The first kappa shape index (κ1) is 35.7. The summed E-state index contributed by atoms with van der Waals surface area (Å²) in [5, 5.41) is 49.2. The van der Waals surface area contributed by atoms with Gasteiger partial charge < -0.3 is 59.5 Å². The van der Waals surface area contributed by atoms with Gasteiger partial charge in [0.25, 0.3) is 0 Å². The van der Waals surface area contributed by atoms with E-state index < -0.39 is 48.6 Å². The Morgan fingerprint density at radius 2 is 1.29 bits per heavy atom. The van der Waals surface area contributed by atoms with Gasteiger partial charge in [0.1, 0.15) is 18.1 Å². The summed E-state index contributed by atoms with van der Waals surface area (Å²) in [5.74, 6) is -4.07. The topological polar surface area (TPSA) is 335 Å². The van der Waals surface area contributed by atoms with E-state index in [0.29, 0.717) is 19.4 Å². The van der Waals surface area contributed by atoms with Crippen LogP contribution in [0.4, 0.5) is 0 Å². The van der Waals surface area contributed by atoms with Gasteiger partial charge >= 0.3 is 23.9 Å². The molecule has 0 rings (SSSR count). The Morgan fingerprint density at radius 1 is 0.903 bits per heavy atom. The number of guanidine groups is 1. The molecule has 16 nitrogen and oxygen atoms in total. The first-order valence-electron chi connectivity index (χ1n) is 8.34. The summed E-state index contributed by atoms with van der Waals surface area (Å²) in [6.45, 7) is -0.300. The Bertz CT molecular complexity index is 520. The molecule has 0 amide bonds. The molecule has 17 heteroatoms. The Labute approximate surface area is 183 Å². The zero-order chi connectivity index (χ0) is 25.6. The second-order valence-corrected chi connectivity index (χ2v) is 5.65. The van der Waals surface area contributed by atoms with Crippen LogP contribution in [0.5, 0.6) is 0 Å². The minimum atomic E-state index is -1.18. The summed E-state index contributed by atoms with van der Waals surface area (Å²) in [6.07, 6.45) is 0.975. The molecule has 0 saturated carbocycles. The maximum absolute atomic E-state index is 10.2. The fraction of sp³-hybridized carbons (Fsp3) is 0.643. The SMILES string of the molecule is N=C(N)NCCCC(N)C(=O)O.NC(CO)C(=O)O.NC(CS)C(=O)O.NCC(=O)O. The van der Waals surface area contributed by atoms with E-state index in [-0.39, 0.29) is 18.3 Å². The van der Waals surface area contributed by atoms with Crippen LogP contribution in [0.3, 0.4) is 0 Å². The molecule has 0 aliphatic rings. The van der Waals surface area contributed by atoms with Gasteiger partial charge in [-0.2, -0.15) is 12.6 Å². The fourth-order valence-electron chi connectivity index (χ4n) is 0.825. The average molecular weight is 476 g/mol. The summed E-state index contributed by atoms with van der Waals surface area (Å²) in [4.78, 5) is 38.9. The standard InChI is InChI=1S/C6H14N4O2.C3H7NO3.C3H7NO2S.C2H5NO2/c7-4(5(11)12)2-1-3-10-6(8)9;4-2(1-5)3(6)7;4-2(1-7)3(5)6;3-1-2(4)5/h4H,1-3,7H2,(H,11,12)(H4,8,9,10);2,5H,1,4H2,(H,6,7);2,7H,1,4H2,(H,5,6);1,3H2,(H,4,5). The van der Waals surface area contributed by atoms with Crippen LogP contribution in [0, 0.1) is 5.41 Å². The van der Waals surface area contributed by atoms with Crippen LogP contribution in [-0.2, 0) is 19.2 Å². The quantitative estimate of drug-likeness (QED) is 0.0611. The molecule has 3 unspecified atom stereocenters. The summed E-state index contributed by atoms with van der Waals surface area (Å²) in [5.41, 5.74) is 24.5. The Balaban J connectivity index is -0.000000166. The molecule has 0 fully saturated rings. The van der Waals surface area contributed by atoms with E-state index in [2.05, 4.69) is 23.7 Å². The molecule has 31 heavy (non-hydrogen) atoms. The molecular weight excluding hydrogens is 442 g/mol. The molecule has 17 N–H and O–H groups in total. The predicted octanol–water partition coefficient (Wildman–Crippen LogP) is -4.59. The minimum Gasteiger partial charge on any atom is -0.480 e. The van der Waals surface area contributed by atoms with Gasteiger partial charge in [-0.25, -0.2) is 0 Å². The molecule has 0 aliphatic heterocycles. The summed E-state index contributed by atoms with van der Waals surface area (Å²) in [6, 6.07) is -2.76. The number of carboxylic acids is 4. The number of carboxylic acid groups (broad SMARTS) is 4. The molecule has 0 aromatic rings. The molecule has 0 radical (unpaired) electrons. The largest absolute Gasteiger partial charge is 0.480 e. The highest BCUT2D eigenvalue weighted by atomic mass is 32.1. The van der Waals surface area contributed by atoms with Crippen molar-refractivity contribution in [1.82, 2.24) is 5.32 Å². The molecule has 0 saturated heterocycles. The molecule has 3 atom stereocenters. The highest BCUT2D eigenvalue weighted by molar-refractivity contribution is 7.80. The van der Waals surface area contributed by atoms with Crippen molar-refractivity contribution in [2.75, 3.05) is 25.4 Å². The van der Waals surface area contributed by atoms with Crippen molar-refractivity contribution in [1.29, 1.82) is 5.41 Å². The second-order valence-electron chi connectivity index (χ2n) is 5.28. The third kappa shape index (κ3) is 35.1. The monoisotopic (exact) mass is 475 g/mol. The van der Waals surface area contributed by atoms with Crippen LogP contribution in [0.2, 0.25) is 0 Å². The van der Waals surface area contributed by atoms with E-state index in [4.69, 9.17) is 53.9 Å². The lowest BCUT2D eigenvalue weighted by atomic mass is 10.2. The van der Waals surface area contributed by atoms with Gasteiger partial charge in [-0.05, 0) is 12.8 Å². The molecule has 0 bridgehead atoms. The Hall–Kier alpha value is -2.70. The van der Waals surface area contributed by atoms with E-state index in [1.807, 2.05) is 0 Å². The van der Waals surface area contributed by atoms with Crippen LogP contribution in [0.1, 0.15) is 12.8 Å². The van der Waals surface area contributed by atoms with E-state index in [1.165, 1.54) is 0 Å². The van der Waals surface area contributed by atoms with Crippen LogP contribution < -0.4 is 34.0 Å². The zero-order valence-electron chi connectivity index (χ0n) is 16.7. The smallest absolute Gasteiger partial charge is 0.322 e. The number of hydrogen-bond donors (Lipinski definition) is 13. The summed E-state index contributed by atoms with van der Waals surface area (Å²) in [7, 11) is 0. The molecule has 0 spiro atoms. The first-order chi connectivity index (χ1) is 14.2. The Morgan fingerprint density at radius 3 is 1.45 bits per heavy atom. The number of thiol groups is 1. The normalized spacial score (nSPS) is 11.9. The number of aliphatic carboxylic acids is 4. The van der Waals surface area contributed by atoms with Gasteiger partial charge in [-0.3, -0.25) is 24.6 Å². The van der Waals surface area contributed by atoms with Crippen molar-refractivity contribution in [3.63, 3.8) is 0 Å². The molecule has 0 aromatic carbocycles. The van der Waals surface area contributed by atoms with E-state index in [0.717, 1.165) is 0 Å². The highest BCUT2D eigenvalue weighted by Crippen LogP contribution is 1.92. The number of aliphatic hydroxyl groups excluding tert-OH is 1. The van der Waals surface area contributed by atoms with Crippen LogP contribution in [-0.4, -0.2) is 98.9 Å². The lowest BCUT2D eigenvalue weighted by Gasteiger charge is -2.06. The number of nitrogens with one attached hydrogen (secondary N) is 2. The van der Waals surface area contributed by atoms with Gasteiger partial charge in [-0.15, -0.1) is 0 Å². The third-order valence-electron chi connectivity index (χ3n) is 2.53. The van der Waals surface area contributed by atoms with E-state index in [9.17, 15) is 19.2 Å². The number of hydrogen-bond acceptors (Lipinski definition) is 11. The van der Waals surface area contributed by atoms with Gasteiger partial charge in [0.2, 0.25) is 0 Å². The lowest BCUT2D eigenvalue weighted by molar-refractivity contribution is -0.140. The molecule has 0 aliphatic carbocycles. The average Bonchev–Trinajstić information content (AvgIpc) is 2.70. The number of aliphatic hydroxyl groups is 1. The number of carbonyl (C=O) groups is 4. The third-order valence-corrected chi connectivity index (χ3v) is 2.92. The van der Waals surface area contributed by atoms with Crippen LogP contribution in [0.25, 0.3) is 0 Å². The van der Waals surface area contributed by atoms with E-state index >= 15 is 0 Å². The first-order valence-corrected chi connectivity index (χ1v) is 8.97. The molecule has 0 heterocycles. The highest BCUT2D eigenvalue weighted by Gasteiger charge is 2.09. The fourth-order valence-corrected chi connectivity index (χ4v) is 0.981.